The molecule has 2 heterocycles. The minimum Gasteiger partial charge on any atom is -0.462 e. The summed E-state index contributed by atoms with van der Waals surface area (Å²) in [7, 11) is 0. The predicted molar refractivity (Wildman–Crippen MR) is 99.7 cm³/mol. The number of hydrogen-bond acceptors (Lipinski definition) is 4. The number of nitrogens with one attached hydrogen (secondary N) is 1. The molecule has 1 saturated heterocycles. The van der Waals surface area contributed by atoms with Crippen molar-refractivity contribution < 1.29 is 14.3 Å². The van der Waals surface area contributed by atoms with Gasteiger partial charge in [-0.1, -0.05) is 29.8 Å². The molecule has 0 radical (unpaired) electrons. The zero-order valence-electron chi connectivity index (χ0n) is 15.0. The number of nitrogens with zero attached hydrogens (tertiary/aromatic N) is 1. The number of esters is 1. The molecule has 0 unspecified atom stereocenters. The molecule has 0 aromatic heterocycles. The number of rotatable bonds is 4. The quantitative estimate of drug-likeness (QED) is 0.669. The van der Waals surface area contributed by atoms with E-state index in [4.69, 9.17) is 4.74 Å². The summed E-state index contributed by atoms with van der Waals surface area (Å²) in [5, 5.41) is 3.09. The molecule has 1 aliphatic carbocycles. The van der Waals surface area contributed by atoms with Crippen molar-refractivity contribution in [1.29, 1.82) is 0 Å². The average molecular weight is 352 g/mol. The lowest BCUT2D eigenvalue weighted by Gasteiger charge is -2.41. The summed E-state index contributed by atoms with van der Waals surface area (Å²) < 4.78 is 5.14. The van der Waals surface area contributed by atoms with Crippen LogP contribution in [0.25, 0.3) is 0 Å². The number of hydrogen-bond donors (Lipinski definition) is 1. The second-order valence-electron chi connectivity index (χ2n) is 7.35. The van der Waals surface area contributed by atoms with Gasteiger partial charge in [-0.05, 0) is 30.5 Å². The molecular weight excluding hydrogens is 328 g/mol. The third-order valence-corrected chi connectivity index (χ3v) is 6.08. The molecule has 1 amide bonds. The SMILES string of the molecule is C=CCN1CC[C@]23c4ccccc4NC(=O)[C@H]2C/C(=C\COC(C)=O)[C@H]13. The van der Waals surface area contributed by atoms with E-state index in [0.717, 1.165) is 25.2 Å². The van der Waals surface area contributed by atoms with Gasteiger partial charge in [-0.15, -0.1) is 6.58 Å². The van der Waals surface area contributed by atoms with Gasteiger partial charge in [-0.2, -0.15) is 0 Å². The predicted octanol–water partition coefficient (Wildman–Crippen LogP) is 2.65. The second kappa shape index (κ2) is 6.40. The fraction of sp³-hybridized carbons (Fsp3) is 0.429. The van der Waals surface area contributed by atoms with Gasteiger partial charge in [0.2, 0.25) is 5.91 Å². The number of amides is 1. The topological polar surface area (TPSA) is 58.6 Å². The Labute approximate surface area is 153 Å². The van der Waals surface area contributed by atoms with Gasteiger partial charge in [0, 0.05) is 37.2 Å². The largest absolute Gasteiger partial charge is 0.462 e. The summed E-state index contributed by atoms with van der Waals surface area (Å²) in [6, 6.07) is 8.31. The molecule has 1 spiro atoms. The van der Waals surface area contributed by atoms with Crippen molar-refractivity contribution in [3.8, 4) is 0 Å². The Kier molecular flexibility index (Phi) is 4.19. The Balaban J connectivity index is 1.80. The molecule has 26 heavy (non-hydrogen) atoms. The number of carbonyl (C=O) groups excluding carboxylic acids is 2. The summed E-state index contributed by atoms with van der Waals surface area (Å²) in [6.45, 7) is 7.29. The van der Waals surface area contributed by atoms with Crippen LogP contribution in [0.1, 0.15) is 25.3 Å². The average Bonchev–Trinajstić information content (AvgIpc) is 3.13. The molecule has 5 nitrogen and oxygen atoms in total. The Morgan fingerprint density at radius 1 is 1.46 bits per heavy atom. The molecule has 2 aliphatic heterocycles. The first kappa shape index (κ1) is 17.0. The van der Waals surface area contributed by atoms with Crippen LogP contribution in [0, 0.1) is 5.92 Å². The number of fused-ring (bicyclic) bond motifs is 1. The van der Waals surface area contributed by atoms with Crippen molar-refractivity contribution in [2.75, 3.05) is 25.0 Å². The maximum absolute atomic E-state index is 12.9. The molecule has 1 aromatic carbocycles. The first-order chi connectivity index (χ1) is 12.6. The lowest BCUT2D eigenvalue weighted by Crippen LogP contribution is -2.49. The van der Waals surface area contributed by atoms with Crippen molar-refractivity contribution in [1.82, 2.24) is 4.90 Å². The first-order valence-corrected chi connectivity index (χ1v) is 9.15. The highest BCUT2D eigenvalue weighted by Crippen LogP contribution is 2.59. The van der Waals surface area contributed by atoms with E-state index >= 15 is 0 Å². The number of benzene rings is 1. The van der Waals surface area contributed by atoms with Gasteiger partial charge in [0.15, 0.2) is 0 Å². The third-order valence-electron chi connectivity index (χ3n) is 6.08. The summed E-state index contributed by atoms with van der Waals surface area (Å²) in [4.78, 5) is 26.4. The molecule has 2 fully saturated rings. The molecule has 0 bridgehead atoms. The monoisotopic (exact) mass is 352 g/mol. The Bertz CT molecular complexity index is 800. The fourth-order valence-electron chi connectivity index (χ4n) is 5.22. The van der Waals surface area contributed by atoms with Gasteiger partial charge in [-0.25, -0.2) is 0 Å². The standard InChI is InChI=1S/C21H24N2O3/c1-3-10-23-11-9-21-16-6-4-5-7-18(16)22-20(25)17(21)13-15(19(21)23)8-12-26-14(2)24/h3-8,17,19H,1,9-13H2,2H3,(H,22,25)/b15-8+/t17-,19+,21+/m1/s1. The van der Waals surface area contributed by atoms with Crippen LogP contribution < -0.4 is 5.32 Å². The third kappa shape index (κ3) is 2.42. The number of anilines is 1. The minimum absolute atomic E-state index is 0.0826. The van der Waals surface area contributed by atoms with Crippen LogP contribution >= 0.6 is 0 Å². The van der Waals surface area contributed by atoms with Gasteiger partial charge in [0.25, 0.3) is 0 Å². The molecular formula is C21H24N2O3. The molecule has 5 heteroatoms. The Morgan fingerprint density at radius 3 is 3.04 bits per heavy atom. The summed E-state index contributed by atoms with van der Waals surface area (Å²) in [6.07, 6.45) is 5.58. The molecule has 3 aliphatic rings. The van der Waals surface area contributed by atoms with Crippen molar-refractivity contribution >= 4 is 17.6 Å². The maximum Gasteiger partial charge on any atom is 0.302 e. The van der Waals surface area contributed by atoms with Gasteiger partial charge in [0.1, 0.15) is 6.61 Å². The molecule has 1 aromatic rings. The summed E-state index contributed by atoms with van der Waals surface area (Å²) >= 11 is 0. The van der Waals surface area contributed by atoms with E-state index in [1.54, 1.807) is 0 Å². The summed E-state index contributed by atoms with van der Waals surface area (Å²) in [5.74, 6) is -0.268. The van der Waals surface area contributed by atoms with E-state index < -0.39 is 0 Å². The molecule has 1 saturated carbocycles. The zero-order valence-corrected chi connectivity index (χ0v) is 15.0. The highest BCUT2D eigenvalue weighted by Gasteiger charge is 2.63. The van der Waals surface area contributed by atoms with Crippen LogP contribution in [0.2, 0.25) is 0 Å². The zero-order chi connectivity index (χ0) is 18.3. The van der Waals surface area contributed by atoms with E-state index in [2.05, 4.69) is 28.9 Å². The lowest BCUT2D eigenvalue weighted by molar-refractivity contribution is -0.139. The van der Waals surface area contributed by atoms with Crippen molar-refractivity contribution in [2.24, 2.45) is 5.92 Å². The van der Waals surface area contributed by atoms with Crippen LogP contribution in [0.5, 0.6) is 0 Å². The fourth-order valence-corrected chi connectivity index (χ4v) is 5.22. The normalized spacial score (nSPS) is 31.1. The molecule has 136 valence electrons. The van der Waals surface area contributed by atoms with Crippen molar-refractivity contribution in [2.45, 2.75) is 31.2 Å². The van der Waals surface area contributed by atoms with Crippen LogP contribution in [0.3, 0.4) is 0 Å². The second-order valence-corrected chi connectivity index (χ2v) is 7.35. The van der Waals surface area contributed by atoms with Gasteiger partial charge in [-0.3, -0.25) is 14.5 Å². The van der Waals surface area contributed by atoms with Crippen LogP contribution in [0.15, 0.2) is 48.6 Å². The number of ether oxygens (including phenoxy) is 1. The Morgan fingerprint density at radius 2 is 2.27 bits per heavy atom. The van der Waals surface area contributed by atoms with Crippen LogP contribution in [-0.2, 0) is 19.7 Å². The lowest BCUT2D eigenvalue weighted by atomic mass is 9.66. The van der Waals surface area contributed by atoms with Gasteiger partial charge < -0.3 is 10.1 Å². The highest BCUT2D eigenvalue weighted by atomic mass is 16.5. The van der Waals surface area contributed by atoms with Crippen molar-refractivity contribution in [3.63, 3.8) is 0 Å². The van der Waals surface area contributed by atoms with E-state index in [1.165, 1.54) is 18.1 Å². The van der Waals surface area contributed by atoms with Gasteiger partial charge >= 0.3 is 5.97 Å². The van der Waals surface area contributed by atoms with E-state index in [9.17, 15) is 9.59 Å². The molecule has 4 rings (SSSR count). The van der Waals surface area contributed by atoms with E-state index in [1.807, 2.05) is 24.3 Å². The smallest absolute Gasteiger partial charge is 0.302 e. The number of likely N-dealkylation sites (tertiary alicyclic amines) is 1. The number of para-hydroxylation sites is 1. The Hall–Kier alpha value is -2.40. The maximum atomic E-state index is 12.9. The molecule has 3 atom stereocenters. The minimum atomic E-state index is -0.288. The number of carbonyl (C=O) groups is 2. The van der Waals surface area contributed by atoms with Crippen molar-refractivity contribution in [3.05, 3.63) is 54.1 Å². The van der Waals surface area contributed by atoms with E-state index in [0.29, 0.717) is 6.42 Å². The first-order valence-electron chi connectivity index (χ1n) is 9.15. The van der Waals surface area contributed by atoms with Crippen LogP contribution in [-0.4, -0.2) is 42.5 Å². The van der Waals surface area contributed by atoms with Crippen LogP contribution in [0.4, 0.5) is 5.69 Å². The highest BCUT2D eigenvalue weighted by molar-refractivity contribution is 5.98. The molecule has 1 N–H and O–H groups in total. The van der Waals surface area contributed by atoms with E-state index in [-0.39, 0.29) is 35.9 Å². The summed E-state index contributed by atoms with van der Waals surface area (Å²) in [5.41, 5.74) is 3.16. The van der Waals surface area contributed by atoms with Gasteiger partial charge in [0.05, 0.1) is 5.92 Å².